The van der Waals surface area contributed by atoms with Gasteiger partial charge in [-0.25, -0.2) is 4.79 Å². The number of anilines is 1. The number of ether oxygens (including phenoxy) is 1. The molecule has 4 aromatic rings. The van der Waals surface area contributed by atoms with E-state index in [1.165, 1.54) is 7.11 Å². The van der Waals surface area contributed by atoms with Gasteiger partial charge in [0.1, 0.15) is 6.04 Å². The minimum Gasteiger partial charge on any atom is -0.467 e. The molecule has 7 nitrogen and oxygen atoms in total. The largest absolute Gasteiger partial charge is 0.467 e. The van der Waals surface area contributed by atoms with Gasteiger partial charge >= 0.3 is 5.97 Å². The molecule has 0 amide bonds. The Bertz CT molecular complexity index is 1300. The van der Waals surface area contributed by atoms with Crippen molar-refractivity contribution in [3.63, 3.8) is 0 Å². The van der Waals surface area contributed by atoms with Crippen LogP contribution in [0.4, 0.5) is 5.95 Å². The third-order valence-corrected chi connectivity index (χ3v) is 6.18. The van der Waals surface area contributed by atoms with E-state index in [2.05, 4.69) is 19.9 Å². The summed E-state index contributed by atoms with van der Waals surface area (Å²) in [5, 5.41) is 1.51. The number of hydrogen-bond acceptors (Lipinski definition) is 6. The third-order valence-electron chi connectivity index (χ3n) is 5.59. The number of nitrogens with zero attached hydrogens (tertiary/aromatic N) is 4. The molecule has 0 fully saturated rings. The summed E-state index contributed by atoms with van der Waals surface area (Å²) in [6.07, 6.45) is 0.386. The van der Waals surface area contributed by atoms with Crippen molar-refractivity contribution in [3.05, 3.63) is 80.9 Å². The lowest BCUT2D eigenvalue weighted by molar-refractivity contribution is -0.142. The molecule has 0 spiro atoms. The van der Waals surface area contributed by atoms with Crippen LogP contribution in [-0.4, -0.2) is 39.1 Å². The van der Waals surface area contributed by atoms with Crippen LogP contribution in [0.2, 0.25) is 15.6 Å². The number of para-hydroxylation sites is 1. The molecule has 2 aromatic carbocycles. The van der Waals surface area contributed by atoms with Crippen LogP contribution in [0.15, 0.2) is 48.5 Å². The zero-order chi connectivity index (χ0) is 22.4. The molecule has 0 saturated heterocycles. The second-order valence-electron chi connectivity index (χ2n) is 7.34. The van der Waals surface area contributed by atoms with Crippen molar-refractivity contribution in [1.29, 1.82) is 0 Å². The number of halogens is 3. The van der Waals surface area contributed by atoms with E-state index in [9.17, 15) is 4.79 Å². The van der Waals surface area contributed by atoms with Crippen molar-refractivity contribution in [2.24, 2.45) is 0 Å². The van der Waals surface area contributed by atoms with E-state index >= 15 is 0 Å². The maximum absolute atomic E-state index is 13.0. The Kier molecular flexibility index (Phi) is 5.41. The molecule has 0 bridgehead atoms. The molecule has 1 N–H and O–H groups in total. The summed E-state index contributed by atoms with van der Waals surface area (Å²) in [5.41, 5.74) is 3.79. The van der Waals surface area contributed by atoms with Gasteiger partial charge in [-0.05, 0) is 52.5 Å². The number of hydrogen-bond donors (Lipinski definition) is 1. The van der Waals surface area contributed by atoms with E-state index in [1.54, 1.807) is 17.0 Å². The Morgan fingerprint density at radius 2 is 1.72 bits per heavy atom. The Morgan fingerprint density at radius 1 is 1.03 bits per heavy atom. The van der Waals surface area contributed by atoms with Gasteiger partial charge in [-0.15, -0.1) is 0 Å². The highest BCUT2D eigenvalue weighted by Gasteiger charge is 2.43. The van der Waals surface area contributed by atoms with Crippen LogP contribution in [0, 0.1) is 0 Å². The molecule has 2 atom stereocenters. The molecule has 3 heterocycles. The maximum Gasteiger partial charge on any atom is 0.328 e. The first-order valence-corrected chi connectivity index (χ1v) is 10.9. The first kappa shape index (κ1) is 21.0. The number of rotatable bonds is 3. The monoisotopic (exact) mass is 487 g/mol. The number of carbonyl (C=O) groups is 1. The summed E-state index contributed by atoms with van der Waals surface area (Å²) in [7, 11) is 1.36. The van der Waals surface area contributed by atoms with Gasteiger partial charge < -0.3 is 14.6 Å². The molecule has 0 radical (unpaired) electrons. The number of esters is 1. The molecule has 1 aliphatic rings. The fraction of sp³-hybridized carbons (Fsp3) is 0.182. The lowest BCUT2D eigenvalue weighted by atomic mass is 9.88. The first-order chi connectivity index (χ1) is 15.5. The van der Waals surface area contributed by atoms with Crippen LogP contribution in [0.1, 0.15) is 22.9 Å². The minimum atomic E-state index is -0.720. The van der Waals surface area contributed by atoms with Crippen LogP contribution >= 0.6 is 34.8 Å². The van der Waals surface area contributed by atoms with Crippen molar-refractivity contribution in [1.82, 2.24) is 19.9 Å². The van der Waals surface area contributed by atoms with E-state index in [4.69, 9.17) is 39.5 Å². The predicted octanol–water partition coefficient (Wildman–Crippen LogP) is 5.01. The number of methoxy groups -OCH3 is 1. The van der Waals surface area contributed by atoms with Crippen LogP contribution in [0.25, 0.3) is 10.9 Å². The van der Waals surface area contributed by atoms with Crippen molar-refractivity contribution in [2.75, 3.05) is 12.0 Å². The summed E-state index contributed by atoms with van der Waals surface area (Å²) in [4.78, 5) is 30.7. The highest BCUT2D eigenvalue weighted by atomic mass is 35.5. The summed E-state index contributed by atoms with van der Waals surface area (Å²) in [5.74, 6) is -0.248. The fourth-order valence-corrected chi connectivity index (χ4v) is 4.76. The average Bonchev–Trinajstić information content (AvgIpc) is 3.15. The molecule has 5 rings (SSSR count). The molecular weight excluding hydrogens is 473 g/mol. The van der Waals surface area contributed by atoms with Crippen LogP contribution in [0.5, 0.6) is 0 Å². The lowest BCUT2D eigenvalue weighted by Gasteiger charge is -2.40. The highest BCUT2D eigenvalue weighted by molar-refractivity contribution is 6.31. The summed E-state index contributed by atoms with van der Waals surface area (Å²) in [6, 6.07) is 14.2. The SMILES string of the molecule is COC(=O)[C@@H]1Cc2c([nH]c3ccccc23)[C@H](c2ccc(Cl)cc2)N1c1nc(Cl)nc(Cl)n1. The van der Waals surface area contributed by atoms with Crippen molar-refractivity contribution >= 4 is 57.6 Å². The Morgan fingerprint density at radius 3 is 2.41 bits per heavy atom. The van der Waals surface area contributed by atoms with Gasteiger partial charge in [0.25, 0.3) is 0 Å². The standard InChI is InChI=1S/C22H16Cl3N5O2/c1-32-19(31)16-10-14-13-4-2-3-5-15(13)26-17(14)18(11-6-8-12(23)9-7-11)30(16)22-28-20(24)27-21(25)29-22/h2-9,16,18,26H,10H2,1H3/t16-,18-/m0/s1. The molecule has 32 heavy (non-hydrogen) atoms. The van der Waals surface area contributed by atoms with Crippen molar-refractivity contribution in [3.8, 4) is 0 Å². The Labute approximate surface area is 198 Å². The topological polar surface area (TPSA) is 84.0 Å². The van der Waals surface area contributed by atoms with Gasteiger partial charge in [0, 0.05) is 28.0 Å². The fourth-order valence-electron chi connectivity index (χ4n) is 4.28. The number of aromatic nitrogens is 4. The number of nitrogens with one attached hydrogen (secondary N) is 1. The number of H-pyrrole nitrogens is 1. The van der Waals surface area contributed by atoms with E-state index in [1.807, 2.05) is 36.4 Å². The summed E-state index contributed by atoms with van der Waals surface area (Å²) < 4.78 is 5.16. The number of carbonyl (C=O) groups excluding carboxylic acids is 1. The van der Waals surface area contributed by atoms with Gasteiger partial charge in [0.05, 0.1) is 13.2 Å². The summed E-state index contributed by atoms with van der Waals surface area (Å²) in [6.45, 7) is 0. The number of fused-ring (bicyclic) bond motifs is 3. The van der Waals surface area contributed by atoms with Gasteiger partial charge in [-0.2, -0.15) is 15.0 Å². The van der Waals surface area contributed by atoms with Gasteiger partial charge in [-0.1, -0.05) is 41.9 Å². The first-order valence-electron chi connectivity index (χ1n) is 9.74. The van der Waals surface area contributed by atoms with Crippen LogP contribution in [-0.2, 0) is 16.0 Å². The predicted molar refractivity (Wildman–Crippen MR) is 123 cm³/mol. The second-order valence-corrected chi connectivity index (χ2v) is 8.45. The maximum atomic E-state index is 13.0. The molecule has 2 aromatic heterocycles. The average molecular weight is 489 g/mol. The molecule has 0 unspecified atom stereocenters. The second kappa shape index (κ2) is 8.24. The minimum absolute atomic E-state index is 0.0686. The van der Waals surface area contributed by atoms with Gasteiger partial charge in [0.2, 0.25) is 16.5 Å². The van der Waals surface area contributed by atoms with E-state index in [0.29, 0.717) is 11.4 Å². The van der Waals surface area contributed by atoms with Gasteiger partial charge in [0.15, 0.2) is 0 Å². The molecule has 162 valence electrons. The Hall–Kier alpha value is -2.87. The zero-order valence-corrected chi connectivity index (χ0v) is 19.0. The van der Waals surface area contributed by atoms with Crippen LogP contribution in [0.3, 0.4) is 0 Å². The zero-order valence-electron chi connectivity index (χ0n) is 16.7. The third kappa shape index (κ3) is 3.56. The molecule has 0 aliphatic carbocycles. The molecule has 1 aliphatic heterocycles. The molecule has 10 heteroatoms. The normalized spacial score (nSPS) is 17.9. The summed E-state index contributed by atoms with van der Waals surface area (Å²) >= 11 is 18.3. The van der Waals surface area contributed by atoms with E-state index < -0.39 is 18.1 Å². The smallest absolute Gasteiger partial charge is 0.328 e. The van der Waals surface area contributed by atoms with Crippen molar-refractivity contribution < 1.29 is 9.53 Å². The number of aromatic amines is 1. The lowest BCUT2D eigenvalue weighted by Crippen LogP contribution is -2.50. The number of benzene rings is 2. The quantitative estimate of drug-likeness (QED) is 0.408. The van der Waals surface area contributed by atoms with Crippen molar-refractivity contribution in [2.45, 2.75) is 18.5 Å². The van der Waals surface area contributed by atoms with E-state index in [0.717, 1.165) is 27.7 Å². The van der Waals surface area contributed by atoms with E-state index in [-0.39, 0.29) is 16.5 Å². The molecular formula is C22H16Cl3N5O2. The van der Waals surface area contributed by atoms with Gasteiger partial charge in [-0.3, -0.25) is 0 Å². The molecule has 0 saturated carbocycles. The Balaban J connectivity index is 1.80. The van der Waals surface area contributed by atoms with Crippen LogP contribution < -0.4 is 4.90 Å². The highest BCUT2D eigenvalue weighted by Crippen LogP contribution is 2.43.